The lowest BCUT2D eigenvalue weighted by Crippen LogP contribution is -2.55. The van der Waals surface area contributed by atoms with Crippen LogP contribution in [0.2, 0.25) is 0 Å². The molecule has 3 nitrogen and oxygen atoms in total. The quantitative estimate of drug-likeness (QED) is 0.891. The minimum Gasteiger partial charge on any atom is -0.497 e. The minimum absolute atomic E-state index is 0.191. The topological polar surface area (TPSA) is 61.3 Å². The Bertz CT molecular complexity index is 604. The molecule has 2 rings (SSSR count). The first-order valence-corrected chi connectivity index (χ1v) is 7.65. The van der Waals surface area contributed by atoms with Crippen molar-refractivity contribution in [2.75, 3.05) is 7.11 Å². The molecule has 0 fully saturated rings. The first-order chi connectivity index (χ1) is 10.4. The third-order valence-electron chi connectivity index (χ3n) is 4.34. The molecule has 0 amide bonds. The van der Waals surface area contributed by atoms with Crippen molar-refractivity contribution in [3.05, 3.63) is 65.2 Å². The molecular formula is C19H26N2O. The average molecular weight is 298 g/mol. The smallest absolute Gasteiger partial charge is 0.118 e. The summed E-state index contributed by atoms with van der Waals surface area (Å²) in [6.45, 7) is 6.27. The largest absolute Gasteiger partial charge is 0.497 e. The molecule has 1 unspecified atom stereocenters. The number of nitrogens with two attached hydrogens (primary N) is 2. The normalized spacial score (nSPS) is 15.4. The van der Waals surface area contributed by atoms with Crippen molar-refractivity contribution in [1.82, 2.24) is 0 Å². The summed E-state index contributed by atoms with van der Waals surface area (Å²) in [4.78, 5) is 0. The Morgan fingerprint density at radius 1 is 0.909 bits per heavy atom. The van der Waals surface area contributed by atoms with E-state index in [-0.39, 0.29) is 12.0 Å². The summed E-state index contributed by atoms with van der Waals surface area (Å²) in [6.07, 6.45) is 0. The van der Waals surface area contributed by atoms with Crippen molar-refractivity contribution in [2.24, 2.45) is 17.4 Å². The van der Waals surface area contributed by atoms with Crippen LogP contribution >= 0.6 is 0 Å². The van der Waals surface area contributed by atoms with Crippen LogP contribution in [0.1, 0.15) is 30.5 Å². The van der Waals surface area contributed by atoms with Crippen molar-refractivity contribution >= 4 is 0 Å². The molecule has 0 aliphatic carbocycles. The molecule has 118 valence electrons. The maximum Gasteiger partial charge on any atom is 0.118 e. The van der Waals surface area contributed by atoms with E-state index in [0.717, 1.165) is 16.9 Å². The van der Waals surface area contributed by atoms with Crippen LogP contribution in [0.15, 0.2) is 48.5 Å². The summed E-state index contributed by atoms with van der Waals surface area (Å²) in [5, 5.41) is 0. The van der Waals surface area contributed by atoms with Gasteiger partial charge < -0.3 is 16.2 Å². The summed E-state index contributed by atoms with van der Waals surface area (Å²) < 4.78 is 5.24. The highest BCUT2D eigenvalue weighted by molar-refractivity contribution is 5.43. The molecule has 2 aromatic rings. The molecule has 0 spiro atoms. The number of methoxy groups -OCH3 is 1. The maximum atomic E-state index is 6.86. The molecule has 0 bridgehead atoms. The van der Waals surface area contributed by atoms with Crippen LogP contribution in [0.4, 0.5) is 0 Å². The third kappa shape index (κ3) is 3.01. The zero-order valence-corrected chi connectivity index (χ0v) is 13.8. The van der Waals surface area contributed by atoms with E-state index in [1.54, 1.807) is 7.11 Å². The van der Waals surface area contributed by atoms with Crippen LogP contribution in [0, 0.1) is 12.8 Å². The summed E-state index contributed by atoms with van der Waals surface area (Å²) in [6, 6.07) is 16.0. The van der Waals surface area contributed by atoms with E-state index in [1.807, 2.05) is 24.3 Å². The average Bonchev–Trinajstić information content (AvgIpc) is 2.54. The summed E-state index contributed by atoms with van der Waals surface area (Å²) in [5.74, 6) is 1.07. The number of benzene rings is 2. The molecule has 3 heteroatoms. The van der Waals surface area contributed by atoms with E-state index >= 15 is 0 Å². The molecule has 0 heterocycles. The molecular weight excluding hydrogens is 272 g/mol. The second-order valence-electron chi connectivity index (χ2n) is 6.23. The summed E-state index contributed by atoms with van der Waals surface area (Å²) >= 11 is 0. The van der Waals surface area contributed by atoms with Crippen LogP contribution in [0.25, 0.3) is 0 Å². The second-order valence-corrected chi connectivity index (χ2v) is 6.23. The van der Waals surface area contributed by atoms with Gasteiger partial charge in [0, 0.05) is 6.04 Å². The minimum atomic E-state index is -0.728. The van der Waals surface area contributed by atoms with Gasteiger partial charge in [0.2, 0.25) is 0 Å². The van der Waals surface area contributed by atoms with Gasteiger partial charge in [-0.25, -0.2) is 0 Å². The number of ether oxygens (including phenoxy) is 1. The molecule has 0 aromatic heterocycles. The first-order valence-electron chi connectivity index (χ1n) is 7.65. The van der Waals surface area contributed by atoms with Crippen LogP contribution in [-0.4, -0.2) is 13.2 Å². The highest BCUT2D eigenvalue weighted by Crippen LogP contribution is 2.33. The molecule has 0 saturated carbocycles. The SMILES string of the molecule is COc1ccc(C(N)(c2ccc(C)cc2)[C@@H](N)C(C)C)cc1. The van der Waals surface area contributed by atoms with Gasteiger partial charge in [-0.1, -0.05) is 55.8 Å². The van der Waals surface area contributed by atoms with Crippen LogP contribution in [0.3, 0.4) is 0 Å². The molecule has 2 aromatic carbocycles. The van der Waals surface area contributed by atoms with Crippen molar-refractivity contribution in [3.8, 4) is 5.75 Å². The fourth-order valence-corrected chi connectivity index (χ4v) is 2.77. The van der Waals surface area contributed by atoms with E-state index in [9.17, 15) is 0 Å². The summed E-state index contributed by atoms with van der Waals surface area (Å²) in [7, 11) is 1.66. The second kappa shape index (κ2) is 6.51. The van der Waals surface area contributed by atoms with Gasteiger partial charge in [0.15, 0.2) is 0 Å². The number of rotatable bonds is 5. The van der Waals surface area contributed by atoms with Crippen molar-refractivity contribution < 1.29 is 4.74 Å². The Labute approximate surface area is 133 Å². The van der Waals surface area contributed by atoms with Gasteiger partial charge in [0.1, 0.15) is 5.75 Å². The van der Waals surface area contributed by atoms with E-state index in [1.165, 1.54) is 5.56 Å². The number of aryl methyl sites for hydroxylation is 1. The highest BCUT2D eigenvalue weighted by atomic mass is 16.5. The predicted molar refractivity (Wildman–Crippen MR) is 92.0 cm³/mol. The first kappa shape index (κ1) is 16.5. The molecule has 0 aliphatic heterocycles. The van der Waals surface area contributed by atoms with Gasteiger partial charge in [-0.15, -0.1) is 0 Å². The van der Waals surface area contributed by atoms with Crippen LogP contribution < -0.4 is 16.2 Å². The maximum absolute atomic E-state index is 6.86. The highest BCUT2D eigenvalue weighted by Gasteiger charge is 2.37. The Hall–Kier alpha value is -1.84. The fourth-order valence-electron chi connectivity index (χ4n) is 2.77. The van der Waals surface area contributed by atoms with Gasteiger partial charge in [0.05, 0.1) is 12.6 Å². The molecule has 0 saturated heterocycles. The van der Waals surface area contributed by atoms with Crippen LogP contribution in [0.5, 0.6) is 5.75 Å². The lowest BCUT2D eigenvalue weighted by Gasteiger charge is -2.39. The number of hydrogen-bond acceptors (Lipinski definition) is 3. The van der Waals surface area contributed by atoms with Gasteiger partial charge in [-0.3, -0.25) is 0 Å². The Morgan fingerprint density at radius 2 is 1.36 bits per heavy atom. The van der Waals surface area contributed by atoms with E-state index in [2.05, 4.69) is 45.0 Å². The monoisotopic (exact) mass is 298 g/mol. The van der Waals surface area contributed by atoms with Crippen LogP contribution in [-0.2, 0) is 5.54 Å². The lowest BCUT2D eigenvalue weighted by atomic mass is 9.74. The Kier molecular flexibility index (Phi) is 4.89. The Morgan fingerprint density at radius 3 is 1.77 bits per heavy atom. The third-order valence-corrected chi connectivity index (χ3v) is 4.34. The molecule has 22 heavy (non-hydrogen) atoms. The van der Waals surface area contributed by atoms with Gasteiger partial charge >= 0.3 is 0 Å². The predicted octanol–water partition coefficient (Wildman–Crippen LogP) is 3.19. The van der Waals surface area contributed by atoms with E-state index in [4.69, 9.17) is 16.2 Å². The number of hydrogen-bond donors (Lipinski definition) is 2. The fraction of sp³-hybridized carbons (Fsp3) is 0.368. The molecule has 0 aliphatic rings. The van der Waals surface area contributed by atoms with E-state index < -0.39 is 5.54 Å². The van der Waals surface area contributed by atoms with Gasteiger partial charge in [-0.05, 0) is 36.1 Å². The Balaban J connectivity index is 2.56. The van der Waals surface area contributed by atoms with Crippen molar-refractivity contribution in [2.45, 2.75) is 32.4 Å². The van der Waals surface area contributed by atoms with Gasteiger partial charge in [-0.2, -0.15) is 0 Å². The summed E-state index contributed by atoms with van der Waals surface area (Å²) in [5.41, 5.74) is 15.9. The zero-order chi connectivity index (χ0) is 16.3. The van der Waals surface area contributed by atoms with Gasteiger partial charge in [0.25, 0.3) is 0 Å². The van der Waals surface area contributed by atoms with Crippen molar-refractivity contribution in [3.63, 3.8) is 0 Å². The molecule has 2 atom stereocenters. The lowest BCUT2D eigenvalue weighted by molar-refractivity contribution is 0.337. The zero-order valence-electron chi connectivity index (χ0n) is 13.8. The molecule has 4 N–H and O–H groups in total. The molecule has 0 radical (unpaired) electrons. The standard InChI is InChI=1S/C19H26N2O/c1-13(2)18(20)19(21,15-7-5-14(3)6-8-15)16-9-11-17(22-4)12-10-16/h5-13,18H,20-21H2,1-4H3/t18-,19?/m0/s1. The van der Waals surface area contributed by atoms with E-state index in [0.29, 0.717) is 0 Å². The van der Waals surface area contributed by atoms with Crippen molar-refractivity contribution in [1.29, 1.82) is 0 Å².